The molecule has 8 aromatic rings. The molecule has 0 saturated heterocycles. The third kappa shape index (κ3) is 3.21. The molecule has 0 aliphatic carbocycles. The summed E-state index contributed by atoms with van der Waals surface area (Å²) < 4.78 is 6.72. The van der Waals surface area contributed by atoms with Gasteiger partial charge in [-0.3, -0.25) is 0 Å². The lowest BCUT2D eigenvalue weighted by Crippen LogP contribution is -1.87. The maximum Gasteiger partial charge on any atom is 0.187 e. The molecule has 0 radical (unpaired) electrons. The van der Waals surface area contributed by atoms with Crippen molar-refractivity contribution in [3.8, 4) is 22.3 Å². The van der Waals surface area contributed by atoms with E-state index in [9.17, 15) is 0 Å². The number of fused-ring (bicyclic) bond motifs is 8. The summed E-state index contributed by atoms with van der Waals surface area (Å²) >= 11 is 0. The van der Waals surface area contributed by atoms with E-state index >= 15 is 0 Å². The molecule has 0 unspecified atom stereocenters. The minimum absolute atomic E-state index is 0.649. The van der Waals surface area contributed by atoms with E-state index in [1.807, 2.05) is 24.3 Å². The second-order valence-corrected chi connectivity index (χ2v) is 9.98. The van der Waals surface area contributed by atoms with Gasteiger partial charge in [-0.15, -0.1) is 0 Å². The highest BCUT2D eigenvalue weighted by Gasteiger charge is 2.19. The molecular weight excluding hydrogens is 474 g/mol. The zero-order valence-corrected chi connectivity index (χ0v) is 21.0. The van der Waals surface area contributed by atoms with Crippen molar-refractivity contribution in [2.45, 2.75) is 0 Å². The van der Waals surface area contributed by atoms with Gasteiger partial charge in [-0.2, -0.15) is 0 Å². The summed E-state index contributed by atoms with van der Waals surface area (Å²) in [6.07, 6.45) is 0. The van der Waals surface area contributed by atoms with E-state index in [4.69, 9.17) is 11.0 Å². The summed E-state index contributed by atoms with van der Waals surface area (Å²) in [5.41, 5.74) is 6.96. The number of hydrogen-bond donors (Lipinski definition) is 0. The van der Waals surface area contributed by atoms with Gasteiger partial charge in [-0.25, -0.2) is 4.85 Å². The van der Waals surface area contributed by atoms with E-state index < -0.39 is 0 Å². The second-order valence-electron chi connectivity index (χ2n) is 9.98. The molecule has 7 aromatic carbocycles. The van der Waals surface area contributed by atoms with Gasteiger partial charge in [0.15, 0.2) is 5.69 Å². The van der Waals surface area contributed by atoms with Gasteiger partial charge in [0.25, 0.3) is 0 Å². The first kappa shape index (κ1) is 21.7. The summed E-state index contributed by atoms with van der Waals surface area (Å²) in [5, 5.41) is 9.49. The third-order valence-electron chi connectivity index (χ3n) is 7.88. The Kier molecular flexibility index (Phi) is 4.62. The van der Waals surface area contributed by atoms with Crippen LogP contribution in [-0.4, -0.2) is 0 Å². The number of furan rings is 1. The van der Waals surface area contributed by atoms with Crippen LogP contribution in [0.3, 0.4) is 0 Å². The zero-order valence-electron chi connectivity index (χ0n) is 21.0. The fraction of sp³-hybridized carbons (Fsp3) is 0. The Hall–Kier alpha value is -5.39. The first-order valence-corrected chi connectivity index (χ1v) is 13.1. The van der Waals surface area contributed by atoms with Crippen LogP contribution in [0.5, 0.6) is 0 Å². The van der Waals surface area contributed by atoms with Crippen molar-refractivity contribution >= 4 is 59.9 Å². The second kappa shape index (κ2) is 8.31. The quantitative estimate of drug-likeness (QED) is 0.218. The molecule has 0 fully saturated rings. The highest BCUT2D eigenvalue weighted by molar-refractivity contribution is 6.29. The van der Waals surface area contributed by atoms with E-state index in [0.29, 0.717) is 5.69 Å². The lowest BCUT2D eigenvalue weighted by atomic mass is 9.89. The molecule has 0 N–H and O–H groups in total. The highest BCUT2D eigenvalue weighted by Crippen LogP contribution is 2.45. The van der Waals surface area contributed by atoms with Crippen LogP contribution in [0.15, 0.2) is 132 Å². The van der Waals surface area contributed by atoms with Gasteiger partial charge in [-0.1, -0.05) is 115 Å². The van der Waals surface area contributed by atoms with Crippen LogP contribution >= 0.6 is 0 Å². The Bertz CT molecular complexity index is 2280. The number of rotatable bonds is 2. The SMILES string of the molecule is [C-]#[N+]c1ccc(-c2ccc(-c3cc4ccccc4c4c3oc3ccc5ccccc5c34)c3ccccc23)cc1. The van der Waals surface area contributed by atoms with Crippen LogP contribution in [0.4, 0.5) is 5.69 Å². The predicted molar refractivity (Wildman–Crippen MR) is 163 cm³/mol. The van der Waals surface area contributed by atoms with Gasteiger partial charge in [-0.05, 0) is 61.1 Å². The van der Waals surface area contributed by atoms with E-state index in [2.05, 4.69) is 108 Å². The van der Waals surface area contributed by atoms with Gasteiger partial charge in [0, 0.05) is 16.3 Å². The van der Waals surface area contributed by atoms with Crippen LogP contribution in [0.2, 0.25) is 0 Å². The first-order valence-electron chi connectivity index (χ1n) is 13.1. The van der Waals surface area contributed by atoms with Crippen molar-refractivity contribution in [2.24, 2.45) is 0 Å². The molecule has 180 valence electrons. The van der Waals surface area contributed by atoms with Crippen molar-refractivity contribution in [3.63, 3.8) is 0 Å². The molecule has 1 aromatic heterocycles. The summed E-state index contributed by atoms with van der Waals surface area (Å²) in [6.45, 7) is 7.30. The van der Waals surface area contributed by atoms with Gasteiger partial charge in [0.1, 0.15) is 11.2 Å². The standard InChI is InChI=1S/C37H21NO/c1-38-26-17-14-24(15-18-26)27-19-20-32(31-13-7-6-12-30(27)31)33-22-25-9-3-5-11-29(25)36-35-28-10-4-2-8-23(28)16-21-34(35)39-37(33)36/h2-22H. The molecule has 0 saturated carbocycles. The number of benzene rings is 7. The van der Waals surface area contributed by atoms with Crippen LogP contribution in [-0.2, 0) is 0 Å². The van der Waals surface area contributed by atoms with Crippen molar-refractivity contribution in [2.75, 3.05) is 0 Å². The molecule has 2 heteroatoms. The summed E-state index contributed by atoms with van der Waals surface area (Å²) in [7, 11) is 0. The molecule has 8 rings (SSSR count). The van der Waals surface area contributed by atoms with E-state index in [1.165, 1.54) is 37.7 Å². The van der Waals surface area contributed by atoms with Gasteiger partial charge < -0.3 is 4.42 Å². The lowest BCUT2D eigenvalue weighted by molar-refractivity contribution is 0.670. The predicted octanol–water partition coefficient (Wildman–Crippen LogP) is 10.9. The third-order valence-corrected chi connectivity index (χ3v) is 7.88. The fourth-order valence-electron chi connectivity index (χ4n) is 6.09. The minimum atomic E-state index is 0.649. The zero-order chi connectivity index (χ0) is 25.9. The van der Waals surface area contributed by atoms with Gasteiger partial charge >= 0.3 is 0 Å². The maximum absolute atomic E-state index is 7.30. The summed E-state index contributed by atoms with van der Waals surface area (Å²) in [5.74, 6) is 0. The van der Waals surface area contributed by atoms with Gasteiger partial charge in [0.05, 0.1) is 6.57 Å². The van der Waals surface area contributed by atoms with E-state index in [1.54, 1.807) is 0 Å². The van der Waals surface area contributed by atoms with Crippen LogP contribution in [0, 0.1) is 6.57 Å². The van der Waals surface area contributed by atoms with Crippen LogP contribution < -0.4 is 0 Å². The molecule has 2 nitrogen and oxygen atoms in total. The van der Waals surface area contributed by atoms with Crippen molar-refractivity contribution < 1.29 is 4.42 Å². The Balaban J connectivity index is 1.49. The summed E-state index contributed by atoms with van der Waals surface area (Å²) in [4.78, 5) is 3.55. The van der Waals surface area contributed by atoms with E-state index in [-0.39, 0.29) is 0 Å². The molecule has 0 aliphatic heterocycles. The molecule has 0 spiro atoms. The number of nitrogens with zero attached hydrogens (tertiary/aromatic N) is 1. The van der Waals surface area contributed by atoms with Crippen molar-refractivity contribution in [1.82, 2.24) is 0 Å². The van der Waals surface area contributed by atoms with Crippen molar-refractivity contribution in [3.05, 3.63) is 139 Å². The molecule has 0 aliphatic rings. The van der Waals surface area contributed by atoms with Crippen LogP contribution in [0.25, 0.3) is 81.4 Å². The number of hydrogen-bond acceptors (Lipinski definition) is 1. The molecule has 39 heavy (non-hydrogen) atoms. The Morgan fingerprint density at radius 1 is 0.487 bits per heavy atom. The normalized spacial score (nSPS) is 11.6. The minimum Gasteiger partial charge on any atom is -0.455 e. The molecular formula is C37H21NO. The first-order chi connectivity index (χ1) is 19.3. The topological polar surface area (TPSA) is 17.5 Å². The largest absolute Gasteiger partial charge is 0.455 e. The molecule has 0 atom stereocenters. The van der Waals surface area contributed by atoms with Crippen LogP contribution in [0.1, 0.15) is 0 Å². The van der Waals surface area contributed by atoms with Crippen molar-refractivity contribution in [1.29, 1.82) is 0 Å². The monoisotopic (exact) mass is 495 g/mol. The lowest BCUT2D eigenvalue weighted by Gasteiger charge is -2.14. The Morgan fingerprint density at radius 2 is 1.10 bits per heavy atom. The fourth-order valence-corrected chi connectivity index (χ4v) is 6.09. The van der Waals surface area contributed by atoms with Gasteiger partial charge in [0.2, 0.25) is 0 Å². The molecule has 1 heterocycles. The summed E-state index contributed by atoms with van der Waals surface area (Å²) in [6, 6.07) is 44.5. The molecule has 0 bridgehead atoms. The highest BCUT2D eigenvalue weighted by atomic mass is 16.3. The average Bonchev–Trinajstić information content (AvgIpc) is 3.41. The van der Waals surface area contributed by atoms with E-state index in [0.717, 1.165) is 38.8 Å². The Labute approximate surface area is 225 Å². The Morgan fingerprint density at radius 3 is 1.85 bits per heavy atom. The smallest absolute Gasteiger partial charge is 0.187 e. The maximum atomic E-state index is 7.30. The molecule has 0 amide bonds. The average molecular weight is 496 g/mol.